The van der Waals surface area contributed by atoms with Gasteiger partial charge < -0.3 is 20.4 Å². The van der Waals surface area contributed by atoms with Gasteiger partial charge in [0.25, 0.3) is 0 Å². The Morgan fingerprint density at radius 1 is 0.946 bits per heavy atom. The molecule has 1 aliphatic carbocycles. The first-order valence-electron chi connectivity index (χ1n) is 14.1. The molecule has 2 aliphatic heterocycles. The first-order chi connectivity index (χ1) is 17.9. The first-order valence-corrected chi connectivity index (χ1v) is 14.5. The van der Waals surface area contributed by atoms with Crippen LogP contribution < -0.4 is 20.4 Å². The summed E-state index contributed by atoms with van der Waals surface area (Å²) < 4.78 is 13.6. The summed E-state index contributed by atoms with van der Waals surface area (Å²) in [5.74, 6) is 3.62. The van der Waals surface area contributed by atoms with E-state index in [1.54, 1.807) is 12.1 Å². The molecule has 6 nitrogen and oxygen atoms in total. The molecule has 3 heterocycles. The molecule has 2 N–H and O–H groups in total. The number of hydrogen-bond acceptors (Lipinski definition) is 5. The van der Waals surface area contributed by atoms with E-state index in [-0.39, 0.29) is 11.2 Å². The predicted molar refractivity (Wildman–Crippen MR) is 154 cm³/mol. The molecular formula is C29H41FN6S. The van der Waals surface area contributed by atoms with Crippen molar-refractivity contribution < 1.29 is 4.39 Å². The molecule has 2 aromatic rings. The van der Waals surface area contributed by atoms with Crippen LogP contribution in [0.5, 0.6) is 0 Å². The number of piperidine rings is 1. The quantitative estimate of drug-likeness (QED) is 0.457. The molecule has 2 unspecified atom stereocenters. The van der Waals surface area contributed by atoms with Gasteiger partial charge in [-0.05, 0) is 73.9 Å². The Balaban J connectivity index is 1.32. The minimum Gasteiger partial charge on any atom is -0.361 e. The lowest BCUT2D eigenvalue weighted by Gasteiger charge is -2.38. The Kier molecular flexibility index (Phi) is 8.12. The van der Waals surface area contributed by atoms with E-state index < -0.39 is 0 Å². The molecule has 0 bridgehead atoms. The maximum Gasteiger partial charge on any atom is 0.232 e. The van der Waals surface area contributed by atoms with Crippen LogP contribution >= 0.6 is 12.2 Å². The summed E-state index contributed by atoms with van der Waals surface area (Å²) in [5.41, 5.74) is 1.15. The van der Waals surface area contributed by atoms with Crippen molar-refractivity contribution >= 4 is 34.9 Å². The zero-order valence-electron chi connectivity index (χ0n) is 22.3. The van der Waals surface area contributed by atoms with Crippen molar-refractivity contribution in [1.29, 1.82) is 0 Å². The summed E-state index contributed by atoms with van der Waals surface area (Å²) in [6.45, 7) is 9.46. The van der Waals surface area contributed by atoms with Crippen molar-refractivity contribution in [2.45, 2.75) is 70.6 Å². The van der Waals surface area contributed by atoms with Crippen molar-refractivity contribution in [2.75, 3.05) is 47.8 Å². The monoisotopic (exact) mass is 524 g/mol. The summed E-state index contributed by atoms with van der Waals surface area (Å²) in [4.78, 5) is 14.6. The van der Waals surface area contributed by atoms with Gasteiger partial charge in [0.1, 0.15) is 17.5 Å². The number of hydrogen-bond donors (Lipinski definition) is 2. The van der Waals surface area contributed by atoms with Gasteiger partial charge in [0.2, 0.25) is 5.95 Å². The second-order valence-corrected chi connectivity index (χ2v) is 12.0. The number of anilines is 3. The zero-order chi connectivity index (χ0) is 25.8. The number of rotatable bonds is 6. The fourth-order valence-electron chi connectivity index (χ4n) is 6.59. The SMILES string of the molecule is CC1CC(C)CN(c2cc(N3CCCC3)nc(NC(=S)NCC3(c4ccc(F)cc4)CCCCC3)n2)C1. The van der Waals surface area contributed by atoms with Crippen molar-refractivity contribution in [3.63, 3.8) is 0 Å². The minimum absolute atomic E-state index is 0.0405. The van der Waals surface area contributed by atoms with Crippen LogP contribution in [-0.2, 0) is 5.41 Å². The summed E-state index contributed by atoms with van der Waals surface area (Å²) >= 11 is 5.75. The normalized spacial score (nSPS) is 23.6. The Hall–Kier alpha value is -2.48. The smallest absolute Gasteiger partial charge is 0.232 e. The third-order valence-corrected chi connectivity index (χ3v) is 8.65. The fraction of sp³-hybridized carbons (Fsp3) is 0.621. The Morgan fingerprint density at radius 2 is 1.57 bits per heavy atom. The van der Waals surface area contributed by atoms with Crippen molar-refractivity contribution in [3.05, 3.63) is 41.7 Å². The molecule has 3 fully saturated rings. The summed E-state index contributed by atoms with van der Waals surface area (Å²) in [5, 5.41) is 7.32. The number of nitrogens with zero attached hydrogens (tertiary/aromatic N) is 4. The molecule has 3 aliphatic rings. The van der Waals surface area contributed by atoms with Crippen LogP contribution in [0.15, 0.2) is 30.3 Å². The van der Waals surface area contributed by atoms with E-state index in [2.05, 4.69) is 40.3 Å². The van der Waals surface area contributed by atoms with E-state index >= 15 is 0 Å². The van der Waals surface area contributed by atoms with E-state index in [9.17, 15) is 4.39 Å². The second kappa shape index (κ2) is 11.5. The van der Waals surface area contributed by atoms with E-state index in [4.69, 9.17) is 22.2 Å². The van der Waals surface area contributed by atoms with Gasteiger partial charge in [0.05, 0.1) is 0 Å². The van der Waals surface area contributed by atoms with Crippen molar-refractivity contribution in [3.8, 4) is 0 Å². The standard InChI is InChI=1S/C29H41FN6S/c1-21-16-22(2)19-36(18-21)26-17-25(35-14-6-7-15-35)32-27(33-26)34-28(37)31-20-29(12-4-3-5-13-29)23-8-10-24(30)11-9-23/h8-11,17,21-22H,3-7,12-16,18-20H2,1-2H3,(H2,31,32,33,34,37). The molecule has 2 atom stereocenters. The molecule has 1 aromatic carbocycles. The third kappa shape index (κ3) is 6.33. The zero-order valence-corrected chi connectivity index (χ0v) is 23.1. The Morgan fingerprint density at radius 3 is 2.22 bits per heavy atom. The maximum atomic E-state index is 13.6. The van der Waals surface area contributed by atoms with E-state index in [0.29, 0.717) is 29.4 Å². The molecule has 2 saturated heterocycles. The van der Waals surface area contributed by atoms with Gasteiger partial charge >= 0.3 is 0 Å². The minimum atomic E-state index is -0.191. The molecule has 0 amide bonds. The average Bonchev–Trinajstić information content (AvgIpc) is 3.43. The number of halogens is 1. The summed E-state index contributed by atoms with van der Waals surface area (Å²) in [6, 6.07) is 9.18. The van der Waals surface area contributed by atoms with Gasteiger partial charge in [-0.1, -0.05) is 45.2 Å². The van der Waals surface area contributed by atoms with E-state index in [1.807, 2.05) is 12.1 Å². The fourth-order valence-corrected chi connectivity index (χ4v) is 6.76. The van der Waals surface area contributed by atoms with Crippen molar-refractivity contribution in [1.82, 2.24) is 15.3 Å². The van der Waals surface area contributed by atoms with Crippen LogP contribution in [0.2, 0.25) is 0 Å². The highest BCUT2D eigenvalue weighted by Crippen LogP contribution is 2.39. The highest BCUT2D eigenvalue weighted by molar-refractivity contribution is 7.80. The lowest BCUT2D eigenvalue weighted by Crippen LogP contribution is -2.44. The highest BCUT2D eigenvalue weighted by Gasteiger charge is 2.34. The Bertz CT molecular complexity index is 1050. The molecule has 37 heavy (non-hydrogen) atoms. The van der Waals surface area contributed by atoms with Gasteiger partial charge in [-0.2, -0.15) is 9.97 Å². The summed E-state index contributed by atoms with van der Waals surface area (Å²) in [7, 11) is 0. The molecular weight excluding hydrogens is 483 g/mol. The number of thiocarbonyl (C=S) groups is 1. The maximum absolute atomic E-state index is 13.6. The van der Waals surface area contributed by atoms with Crippen molar-refractivity contribution in [2.24, 2.45) is 11.8 Å². The first kappa shape index (κ1) is 26.1. The lowest BCUT2D eigenvalue weighted by atomic mass is 9.69. The van der Waals surface area contributed by atoms with Gasteiger partial charge in [-0.25, -0.2) is 4.39 Å². The highest BCUT2D eigenvalue weighted by atomic mass is 32.1. The molecule has 5 rings (SSSR count). The van der Waals surface area contributed by atoms with Gasteiger partial charge in [-0.15, -0.1) is 0 Å². The largest absolute Gasteiger partial charge is 0.361 e. The van der Waals surface area contributed by atoms with Crippen LogP contribution in [0.25, 0.3) is 0 Å². The van der Waals surface area contributed by atoms with Gasteiger partial charge in [0, 0.05) is 44.2 Å². The number of benzene rings is 1. The van der Waals surface area contributed by atoms with Crippen LogP contribution in [-0.4, -0.2) is 47.8 Å². The van der Waals surface area contributed by atoms with E-state index in [1.165, 1.54) is 44.1 Å². The number of aromatic nitrogens is 2. The van der Waals surface area contributed by atoms with Crippen LogP contribution in [0, 0.1) is 17.7 Å². The molecule has 200 valence electrons. The predicted octanol–water partition coefficient (Wildman–Crippen LogP) is 5.89. The molecule has 0 radical (unpaired) electrons. The molecule has 1 saturated carbocycles. The lowest BCUT2D eigenvalue weighted by molar-refractivity contribution is 0.292. The topological polar surface area (TPSA) is 56.3 Å². The van der Waals surface area contributed by atoms with Gasteiger partial charge in [0.15, 0.2) is 5.11 Å². The number of nitrogens with one attached hydrogen (secondary N) is 2. The van der Waals surface area contributed by atoms with Gasteiger partial charge in [-0.3, -0.25) is 0 Å². The van der Waals surface area contributed by atoms with E-state index in [0.717, 1.165) is 50.7 Å². The van der Waals surface area contributed by atoms with Crippen LogP contribution in [0.3, 0.4) is 0 Å². The van der Waals surface area contributed by atoms with Crippen LogP contribution in [0.4, 0.5) is 22.0 Å². The Labute approximate surface area is 226 Å². The van der Waals surface area contributed by atoms with Crippen LogP contribution in [0.1, 0.15) is 70.8 Å². The third-order valence-electron chi connectivity index (χ3n) is 8.40. The summed E-state index contributed by atoms with van der Waals surface area (Å²) in [6.07, 6.45) is 9.41. The second-order valence-electron chi connectivity index (χ2n) is 11.6. The average molecular weight is 525 g/mol. The molecule has 8 heteroatoms. The molecule has 0 spiro atoms. The molecule has 1 aromatic heterocycles.